The highest BCUT2D eigenvalue weighted by atomic mass is 16.3. The van der Waals surface area contributed by atoms with Gasteiger partial charge in [-0.25, -0.2) is 9.97 Å². The van der Waals surface area contributed by atoms with E-state index in [-0.39, 0.29) is 12.8 Å². The summed E-state index contributed by atoms with van der Waals surface area (Å²) in [6.45, 7) is 20.3. The average molecular weight is 553 g/mol. The smallest absolute Gasteiger partial charge is 0.198 e. The van der Waals surface area contributed by atoms with E-state index in [1.807, 2.05) is 30.1 Å². The average Bonchev–Trinajstić information content (AvgIpc) is 3.60. The number of fused-ring (bicyclic) bond motifs is 3. The molecule has 3 heterocycles. The molecule has 0 radical (unpaired) electrons. The second-order valence-electron chi connectivity index (χ2n) is 12.5. The summed E-state index contributed by atoms with van der Waals surface area (Å²) in [7, 11) is 2.02. The van der Waals surface area contributed by atoms with Crippen molar-refractivity contribution in [3.05, 3.63) is 94.6 Å². The monoisotopic (exact) mass is 552 g/mol. The van der Waals surface area contributed by atoms with Crippen molar-refractivity contribution < 1.29 is 4.42 Å². The minimum Gasteiger partial charge on any atom is -0.440 e. The van der Waals surface area contributed by atoms with Crippen LogP contribution in [0, 0.1) is 6.92 Å². The maximum Gasteiger partial charge on any atom is 0.198 e. The molecule has 2 aromatic heterocycles. The SMILES string of the molecule is C.CC(C)c1ccc2c(c1)ncn2C.CC1=NCc2ccc(C(C)(C)C)cc21.Cc1ccc2nc(C(C)C)oc2c1. The van der Waals surface area contributed by atoms with Crippen molar-refractivity contribution in [3.63, 3.8) is 0 Å². The first-order valence-electron chi connectivity index (χ1n) is 14.3. The van der Waals surface area contributed by atoms with Gasteiger partial charge < -0.3 is 8.98 Å². The van der Waals surface area contributed by atoms with Gasteiger partial charge in [0, 0.05) is 24.2 Å². The van der Waals surface area contributed by atoms with Gasteiger partial charge >= 0.3 is 0 Å². The zero-order valence-corrected chi connectivity index (χ0v) is 25.8. The topological polar surface area (TPSA) is 56.2 Å². The lowest BCUT2D eigenvalue weighted by molar-refractivity contribution is 0.501. The lowest BCUT2D eigenvalue weighted by Crippen LogP contribution is -2.12. The Hall–Kier alpha value is -3.73. The van der Waals surface area contributed by atoms with Gasteiger partial charge in [0.25, 0.3) is 0 Å². The van der Waals surface area contributed by atoms with Crippen molar-refractivity contribution in [1.82, 2.24) is 14.5 Å². The molecule has 5 aromatic rings. The number of benzene rings is 3. The van der Waals surface area contributed by atoms with Gasteiger partial charge in [0.05, 0.1) is 23.9 Å². The summed E-state index contributed by atoms with van der Waals surface area (Å²) in [4.78, 5) is 13.2. The molecule has 0 bridgehead atoms. The Bertz CT molecular complexity index is 1640. The molecule has 0 fully saturated rings. The Balaban J connectivity index is 0.000000167. The van der Waals surface area contributed by atoms with Crippen molar-refractivity contribution in [1.29, 1.82) is 0 Å². The predicted molar refractivity (Wildman–Crippen MR) is 175 cm³/mol. The van der Waals surface area contributed by atoms with E-state index in [9.17, 15) is 0 Å². The molecule has 0 amide bonds. The summed E-state index contributed by atoms with van der Waals surface area (Å²) < 4.78 is 7.64. The van der Waals surface area contributed by atoms with Gasteiger partial charge in [-0.1, -0.05) is 80.2 Å². The first-order chi connectivity index (χ1) is 18.8. The molecule has 1 aliphatic heterocycles. The minimum atomic E-state index is 0. The van der Waals surface area contributed by atoms with Crippen LogP contribution in [0.5, 0.6) is 0 Å². The van der Waals surface area contributed by atoms with Crippen molar-refractivity contribution in [2.24, 2.45) is 12.0 Å². The van der Waals surface area contributed by atoms with Crippen molar-refractivity contribution in [3.8, 4) is 0 Å². The summed E-state index contributed by atoms with van der Waals surface area (Å²) in [6, 6.07) is 19.3. The first kappa shape index (κ1) is 31.8. The summed E-state index contributed by atoms with van der Waals surface area (Å²) in [5.41, 5.74) is 12.2. The fourth-order valence-electron chi connectivity index (χ4n) is 4.62. The van der Waals surface area contributed by atoms with Gasteiger partial charge in [0.15, 0.2) is 11.5 Å². The van der Waals surface area contributed by atoms with Gasteiger partial charge in [0.1, 0.15) is 5.52 Å². The number of hydrogen-bond acceptors (Lipinski definition) is 4. The van der Waals surface area contributed by atoms with Crippen LogP contribution in [0.4, 0.5) is 0 Å². The van der Waals surface area contributed by atoms with Gasteiger partial charge in [-0.15, -0.1) is 0 Å². The second-order valence-corrected chi connectivity index (χ2v) is 12.5. The first-order valence-corrected chi connectivity index (χ1v) is 14.3. The Morgan fingerprint density at radius 3 is 2.24 bits per heavy atom. The molecule has 5 heteroatoms. The fourth-order valence-corrected chi connectivity index (χ4v) is 4.62. The van der Waals surface area contributed by atoms with Gasteiger partial charge in [-0.3, -0.25) is 4.99 Å². The highest BCUT2D eigenvalue weighted by Gasteiger charge is 2.18. The standard InChI is InChI=1S/C13H17N.C11H14N2.C11H13NO.CH4/c1-9-12-7-11(13(2,3)4)6-5-10(12)8-14-9;1-8(2)9-4-5-11-10(6-9)12-7-13(11)3;1-7(2)11-12-9-5-4-8(3)6-10(9)13-11;/h5-7H,8H2,1-4H3;4-8H,1-3H3;4-7H,1-3H3;1H4. The number of hydrogen-bond donors (Lipinski definition) is 0. The van der Waals surface area contributed by atoms with Crippen LogP contribution in [0.15, 0.2) is 70.3 Å². The number of oxazole rings is 1. The quantitative estimate of drug-likeness (QED) is 0.219. The van der Waals surface area contributed by atoms with E-state index in [1.165, 1.54) is 39.0 Å². The molecule has 0 atom stereocenters. The number of aromatic nitrogens is 3. The van der Waals surface area contributed by atoms with Crippen LogP contribution < -0.4 is 0 Å². The van der Waals surface area contributed by atoms with E-state index < -0.39 is 0 Å². The molecule has 0 aliphatic carbocycles. The number of aliphatic imine (C=N–C) groups is 1. The third kappa shape index (κ3) is 7.52. The summed E-state index contributed by atoms with van der Waals surface area (Å²) in [6.07, 6.45) is 1.86. The molecular formula is C36H48N4O. The zero-order valence-electron chi connectivity index (χ0n) is 25.8. The predicted octanol–water partition coefficient (Wildman–Crippen LogP) is 9.90. The van der Waals surface area contributed by atoms with Crippen LogP contribution in [0.2, 0.25) is 0 Å². The van der Waals surface area contributed by atoms with Gasteiger partial charge in [0.2, 0.25) is 0 Å². The summed E-state index contributed by atoms with van der Waals surface area (Å²) >= 11 is 0. The van der Waals surface area contributed by atoms with Crippen LogP contribution in [-0.4, -0.2) is 20.2 Å². The second kappa shape index (κ2) is 12.8. The molecule has 0 spiro atoms. The number of imidazole rings is 1. The molecule has 1 aliphatic rings. The summed E-state index contributed by atoms with van der Waals surface area (Å²) in [5, 5.41) is 0. The summed E-state index contributed by atoms with van der Waals surface area (Å²) in [5.74, 6) is 1.75. The Morgan fingerprint density at radius 1 is 0.854 bits per heavy atom. The van der Waals surface area contributed by atoms with E-state index in [0.717, 1.165) is 29.1 Å². The van der Waals surface area contributed by atoms with Crippen molar-refractivity contribution >= 4 is 27.8 Å². The molecule has 41 heavy (non-hydrogen) atoms. The lowest BCUT2D eigenvalue weighted by Gasteiger charge is -2.19. The molecular weight excluding hydrogens is 504 g/mol. The normalized spacial score (nSPS) is 12.4. The largest absolute Gasteiger partial charge is 0.440 e. The molecule has 6 rings (SSSR count). The minimum absolute atomic E-state index is 0. The number of aryl methyl sites for hydroxylation is 2. The van der Waals surface area contributed by atoms with E-state index in [1.54, 1.807) is 0 Å². The Labute approximate surface area is 246 Å². The Morgan fingerprint density at radius 2 is 1.59 bits per heavy atom. The van der Waals surface area contributed by atoms with Gasteiger partial charge in [-0.05, 0) is 77.8 Å². The molecule has 0 unspecified atom stereocenters. The van der Waals surface area contributed by atoms with Crippen LogP contribution in [0.25, 0.3) is 22.1 Å². The maximum atomic E-state index is 5.60. The molecule has 218 valence electrons. The van der Waals surface area contributed by atoms with Gasteiger partial charge in [-0.2, -0.15) is 0 Å². The number of rotatable bonds is 2. The fraction of sp³-hybridized carbons (Fsp3) is 0.417. The molecule has 3 aromatic carbocycles. The lowest BCUT2D eigenvalue weighted by atomic mass is 9.85. The third-order valence-corrected chi connectivity index (χ3v) is 7.32. The number of nitrogens with zero attached hydrogens (tertiary/aromatic N) is 4. The zero-order chi connectivity index (χ0) is 29.2. The molecule has 0 N–H and O–H groups in total. The molecule has 0 saturated carbocycles. The Kier molecular flexibility index (Phi) is 9.96. The van der Waals surface area contributed by atoms with E-state index in [0.29, 0.717) is 11.8 Å². The third-order valence-electron chi connectivity index (χ3n) is 7.32. The van der Waals surface area contributed by atoms with Crippen LogP contribution in [0.1, 0.15) is 108 Å². The van der Waals surface area contributed by atoms with E-state index in [2.05, 4.69) is 120 Å². The molecule has 5 nitrogen and oxygen atoms in total. The van der Waals surface area contributed by atoms with E-state index >= 15 is 0 Å². The van der Waals surface area contributed by atoms with Crippen LogP contribution in [-0.2, 0) is 19.0 Å². The molecule has 0 saturated heterocycles. The highest BCUT2D eigenvalue weighted by molar-refractivity contribution is 6.02. The van der Waals surface area contributed by atoms with Crippen LogP contribution >= 0.6 is 0 Å². The van der Waals surface area contributed by atoms with E-state index in [4.69, 9.17) is 4.42 Å². The van der Waals surface area contributed by atoms with Crippen molar-refractivity contribution in [2.75, 3.05) is 0 Å². The van der Waals surface area contributed by atoms with Crippen LogP contribution in [0.3, 0.4) is 0 Å². The highest BCUT2D eigenvalue weighted by Crippen LogP contribution is 2.27. The van der Waals surface area contributed by atoms with Crippen molar-refractivity contribution in [2.45, 2.75) is 93.5 Å². The maximum absolute atomic E-state index is 5.60.